The monoisotopic (exact) mass is 268 g/mol. The van der Waals surface area contributed by atoms with Crippen LogP contribution in [-0.2, 0) is 14.3 Å². The van der Waals surface area contributed by atoms with Gasteiger partial charge in [-0.2, -0.15) is 0 Å². The van der Waals surface area contributed by atoms with E-state index in [0.29, 0.717) is 0 Å². The summed E-state index contributed by atoms with van der Waals surface area (Å²) in [5.41, 5.74) is 0.828. The third-order valence-corrected chi connectivity index (χ3v) is 2.43. The molecule has 0 N–H and O–H groups in total. The van der Waals surface area contributed by atoms with Crippen molar-refractivity contribution >= 4 is 33.8 Å². The van der Waals surface area contributed by atoms with Gasteiger partial charge in [0.25, 0.3) is 5.78 Å². The van der Waals surface area contributed by atoms with Gasteiger partial charge in [0.15, 0.2) is 0 Å². The minimum atomic E-state index is -0.863. The summed E-state index contributed by atoms with van der Waals surface area (Å²) < 4.78 is 5.14. The number of carbonyl (C=O) groups excluding carboxylic acids is 2. The topological polar surface area (TPSA) is 43.4 Å². The Labute approximate surface area is 95.9 Å². The molecule has 0 aliphatic rings. The molecule has 0 saturated carbocycles. The quantitative estimate of drug-likeness (QED) is 0.480. The van der Waals surface area contributed by atoms with Gasteiger partial charge in [-0.05, 0) is 23.8 Å². The number of esters is 1. The number of benzene rings is 1. The van der Waals surface area contributed by atoms with E-state index < -0.39 is 11.8 Å². The molecule has 0 heterocycles. The minimum absolute atomic E-state index is 0.673. The first-order valence-electron chi connectivity index (χ1n) is 4.20. The molecule has 0 radical (unpaired) electrons. The van der Waals surface area contributed by atoms with Gasteiger partial charge in [0.1, 0.15) is 0 Å². The molecule has 0 amide bonds. The second-order valence-electron chi connectivity index (χ2n) is 2.71. The van der Waals surface area contributed by atoms with Crippen molar-refractivity contribution in [2.75, 3.05) is 7.11 Å². The fourth-order valence-corrected chi connectivity index (χ4v) is 1.36. The Morgan fingerprint density at radius 2 is 2.00 bits per heavy atom. The highest BCUT2D eigenvalue weighted by Gasteiger charge is 2.08. The van der Waals surface area contributed by atoms with E-state index in [-0.39, 0.29) is 0 Å². The molecule has 0 unspecified atom stereocenters. The number of carbonyl (C=O) groups is 2. The predicted molar refractivity (Wildman–Crippen MR) is 60.2 cm³/mol. The molecule has 0 fully saturated rings. The van der Waals surface area contributed by atoms with E-state index in [1.165, 1.54) is 13.2 Å². The summed E-state index contributed by atoms with van der Waals surface area (Å²) in [6, 6.07) is 7.38. The Morgan fingerprint density at radius 1 is 1.33 bits per heavy atom. The molecule has 0 atom stereocenters. The van der Waals surface area contributed by atoms with Crippen LogP contribution in [0.2, 0.25) is 0 Å². The Morgan fingerprint density at radius 3 is 2.60 bits per heavy atom. The van der Waals surface area contributed by atoms with Crippen LogP contribution in [0.4, 0.5) is 0 Å². The number of ether oxygens (including phenoxy) is 1. The Bertz CT molecular complexity index is 410. The molecular formula is C11H9BrO3. The molecule has 0 spiro atoms. The van der Waals surface area contributed by atoms with Gasteiger partial charge in [0.05, 0.1) is 7.11 Å². The van der Waals surface area contributed by atoms with Gasteiger partial charge < -0.3 is 4.74 Å². The highest BCUT2D eigenvalue weighted by atomic mass is 79.9. The Balaban J connectivity index is 2.78. The lowest BCUT2D eigenvalue weighted by atomic mass is 10.2. The molecule has 0 aliphatic heterocycles. The average molecular weight is 269 g/mol. The number of halogens is 1. The fourth-order valence-electron chi connectivity index (χ4n) is 0.944. The molecule has 4 heteroatoms. The van der Waals surface area contributed by atoms with Gasteiger partial charge in [0, 0.05) is 4.47 Å². The van der Waals surface area contributed by atoms with Crippen molar-refractivity contribution in [3.63, 3.8) is 0 Å². The lowest BCUT2D eigenvalue weighted by Gasteiger charge is -1.96. The normalized spacial score (nSPS) is 10.3. The van der Waals surface area contributed by atoms with E-state index in [0.717, 1.165) is 10.0 Å². The van der Waals surface area contributed by atoms with Crippen molar-refractivity contribution in [3.05, 3.63) is 40.4 Å². The summed E-state index contributed by atoms with van der Waals surface area (Å²) in [6.07, 6.45) is 2.75. The molecule has 3 nitrogen and oxygen atoms in total. The summed E-state index contributed by atoms with van der Waals surface area (Å²) in [6.45, 7) is 0. The van der Waals surface area contributed by atoms with Gasteiger partial charge in [-0.25, -0.2) is 4.79 Å². The summed E-state index contributed by atoms with van der Waals surface area (Å²) in [5.74, 6) is -1.54. The van der Waals surface area contributed by atoms with E-state index in [4.69, 9.17) is 0 Å². The second kappa shape index (κ2) is 5.46. The lowest BCUT2D eigenvalue weighted by Crippen LogP contribution is -2.12. The molecule has 0 aromatic heterocycles. The highest BCUT2D eigenvalue weighted by molar-refractivity contribution is 9.10. The number of hydrogen-bond acceptors (Lipinski definition) is 3. The first kappa shape index (κ1) is 11.7. The van der Waals surface area contributed by atoms with E-state index >= 15 is 0 Å². The maximum atomic E-state index is 11.1. The predicted octanol–water partition coefficient (Wildman–Crippen LogP) is 2.20. The lowest BCUT2D eigenvalue weighted by molar-refractivity contribution is -0.149. The van der Waals surface area contributed by atoms with Crippen molar-refractivity contribution in [1.29, 1.82) is 0 Å². The number of hydrogen-bond donors (Lipinski definition) is 0. The summed E-state index contributed by atoms with van der Waals surface area (Å²) in [4.78, 5) is 21.9. The maximum absolute atomic E-state index is 11.1. The minimum Gasteiger partial charge on any atom is -0.463 e. The first-order chi connectivity index (χ1) is 7.15. The van der Waals surface area contributed by atoms with Crippen molar-refractivity contribution in [1.82, 2.24) is 0 Å². The SMILES string of the molecule is COC(=O)C(=O)/C=C/c1ccccc1Br. The zero-order valence-corrected chi connectivity index (χ0v) is 9.65. The second-order valence-corrected chi connectivity index (χ2v) is 3.57. The van der Waals surface area contributed by atoms with Gasteiger partial charge in [-0.15, -0.1) is 0 Å². The summed E-state index contributed by atoms with van der Waals surface area (Å²) >= 11 is 3.32. The van der Waals surface area contributed by atoms with Crippen LogP contribution < -0.4 is 0 Å². The zero-order chi connectivity index (χ0) is 11.3. The van der Waals surface area contributed by atoms with Crippen LogP contribution in [-0.4, -0.2) is 18.9 Å². The maximum Gasteiger partial charge on any atom is 0.378 e. The first-order valence-corrected chi connectivity index (χ1v) is 4.99. The molecule has 0 aliphatic carbocycles. The van der Waals surface area contributed by atoms with Crippen LogP contribution >= 0.6 is 15.9 Å². The molecule has 0 saturated heterocycles. The molecule has 78 valence electrons. The fraction of sp³-hybridized carbons (Fsp3) is 0.0909. The summed E-state index contributed by atoms with van der Waals surface area (Å²) in [5, 5.41) is 0. The number of rotatable bonds is 3. The Kier molecular flexibility index (Phi) is 4.24. The van der Waals surface area contributed by atoms with Crippen LogP contribution in [0.15, 0.2) is 34.8 Å². The van der Waals surface area contributed by atoms with Crippen LogP contribution in [0.3, 0.4) is 0 Å². The smallest absolute Gasteiger partial charge is 0.378 e. The van der Waals surface area contributed by atoms with Crippen LogP contribution in [0.1, 0.15) is 5.56 Å². The van der Waals surface area contributed by atoms with E-state index in [2.05, 4.69) is 20.7 Å². The standard InChI is InChI=1S/C11H9BrO3/c1-15-11(14)10(13)7-6-8-4-2-3-5-9(8)12/h2-7H,1H3/b7-6+. The number of methoxy groups -OCH3 is 1. The third kappa shape index (κ3) is 3.32. The molecule has 1 rings (SSSR count). The Hall–Kier alpha value is -1.42. The molecule has 1 aromatic carbocycles. The van der Waals surface area contributed by atoms with E-state index in [1.807, 2.05) is 24.3 Å². The highest BCUT2D eigenvalue weighted by Crippen LogP contribution is 2.16. The molecular weight excluding hydrogens is 260 g/mol. The van der Waals surface area contributed by atoms with Crippen molar-refractivity contribution in [3.8, 4) is 0 Å². The van der Waals surface area contributed by atoms with Gasteiger partial charge >= 0.3 is 5.97 Å². The van der Waals surface area contributed by atoms with Crippen molar-refractivity contribution < 1.29 is 14.3 Å². The molecule has 15 heavy (non-hydrogen) atoms. The van der Waals surface area contributed by atoms with Crippen molar-refractivity contribution in [2.24, 2.45) is 0 Å². The van der Waals surface area contributed by atoms with Crippen LogP contribution in [0.25, 0.3) is 6.08 Å². The van der Waals surface area contributed by atoms with Gasteiger partial charge in [0.2, 0.25) is 0 Å². The van der Waals surface area contributed by atoms with Gasteiger partial charge in [-0.3, -0.25) is 4.79 Å². The van der Waals surface area contributed by atoms with E-state index in [9.17, 15) is 9.59 Å². The van der Waals surface area contributed by atoms with Crippen LogP contribution in [0, 0.1) is 0 Å². The van der Waals surface area contributed by atoms with Crippen molar-refractivity contribution in [2.45, 2.75) is 0 Å². The molecule has 0 bridgehead atoms. The zero-order valence-electron chi connectivity index (χ0n) is 8.07. The van der Waals surface area contributed by atoms with Crippen LogP contribution in [0.5, 0.6) is 0 Å². The summed E-state index contributed by atoms with van der Waals surface area (Å²) in [7, 11) is 1.17. The van der Waals surface area contributed by atoms with Gasteiger partial charge in [-0.1, -0.05) is 34.1 Å². The molecule has 1 aromatic rings. The average Bonchev–Trinajstić information content (AvgIpc) is 2.26. The largest absolute Gasteiger partial charge is 0.463 e. The third-order valence-electron chi connectivity index (χ3n) is 1.71. The van der Waals surface area contributed by atoms with E-state index in [1.54, 1.807) is 6.08 Å². The number of ketones is 1.